The zero-order valence-electron chi connectivity index (χ0n) is 16.3. The van der Waals surface area contributed by atoms with Gasteiger partial charge in [0, 0.05) is 37.9 Å². The summed E-state index contributed by atoms with van der Waals surface area (Å²) in [7, 11) is 0. The van der Waals surface area contributed by atoms with E-state index in [0.717, 1.165) is 11.1 Å². The van der Waals surface area contributed by atoms with Crippen LogP contribution in [0.1, 0.15) is 41.3 Å². The molecule has 29 heavy (non-hydrogen) atoms. The highest BCUT2D eigenvalue weighted by atomic mass is 16.6. The normalized spacial score (nSPS) is 24.9. The molecule has 1 amide bonds. The van der Waals surface area contributed by atoms with E-state index in [9.17, 15) is 9.59 Å². The maximum absolute atomic E-state index is 12.6. The van der Waals surface area contributed by atoms with Crippen molar-refractivity contribution in [3.05, 3.63) is 71.3 Å². The number of piperidine rings is 1. The van der Waals surface area contributed by atoms with Crippen molar-refractivity contribution in [3.63, 3.8) is 0 Å². The van der Waals surface area contributed by atoms with Crippen molar-refractivity contribution in [2.45, 2.75) is 37.4 Å². The lowest BCUT2D eigenvalue weighted by molar-refractivity contribution is -0.129. The first-order valence-electron chi connectivity index (χ1n) is 9.93. The minimum Gasteiger partial charge on any atom is -0.450 e. The lowest BCUT2D eigenvalue weighted by Crippen LogP contribution is -2.47. The van der Waals surface area contributed by atoms with Gasteiger partial charge in [-0.3, -0.25) is 4.79 Å². The molecule has 5 rings (SSSR count). The molecule has 148 valence electrons. The van der Waals surface area contributed by atoms with Gasteiger partial charge in [-0.2, -0.15) is 4.99 Å². The lowest BCUT2D eigenvalue weighted by atomic mass is 9.84. The van der Waals surface area contributed by atoms with Gasteiger partial charge in [-0.05, 0) is 18.6 Å². The highest BCUT2D eigenvalue weighted by Gasteiger charge is 2.49. The molecule has 1 spiro atoms. The molecular formula is C23H22N2O4. The summed E-state index contributed by atoms with van der Waals surface area (Å²) in [6, 6.07) is 17.8. The third kappa shape index (κ3) is 2.90. The van der Waals surface area contributed by atoms with Gasteiger partial charge in [-0.1, -0.05) is 48.5 Å². The highest BCUT2D eigenvalue weighted by molar-refractivity contribution is 6.01. The van der Waals surface area contributed by atoms with Gasteiger partial charge in [0.25, 0.3) is 11.9 Å². The van der Waals surface area contributed by atoms with Crippen molar-refractivity contribution in [1.29, 1.82) is 0 Å². The molecule has 1 unspecified atom stereocenters. The minimum absolute atomic E-state index is 0.255. The Bertz CT molecular complexity index is 1010. The van der Waals surface area contributed by atoms with E-state index in [1.54, 1.807) is 6.92 Å². The number of ether oxygens (including phenoxy) is 2. The number of amides is 1. The number of esters is 1. The molecule has 1 saturated heterocycles. The molecular weight excluding hydrogens is 368 g/mol. The van der Waals surface area contributed by atoms with Crippen molar-refractivity contribution < 1.29 is 19.1 Å². The van der Waals surface area contributed by atoms with Crippen LogP contribution in [0.2, 0.25) is 0 Å². The summed E-state index contributed by atoms with van der Waals surface area (Å²) in [6.07, 6.45) is 1.76. The van der Waals surface area contributed by atoms with Crippen LogP contribution in [-0.4, -0.2) is 41.5 Å². The second-order valence-electron chi connectivity index (χ2n) is 8.11. The fourth-order valence-corrected chi connectivity index (χ4v) is 4.48. The second kappa shape index (κ2) is 6.44. The number of amidine groups is 1. The monoisotopic (exact) mass is 390 g/mol. The van der Waals surface area contributed by atoms with Crippen LogP contribution >= 0.6 is 0 Å². The van der Waals surface area contributed by atoms with E-state index in [-0.39, 0.29) is 11.9 Å². The van der Waals surface area contributed by atoms with Crippen molar-refractivity contribution >= 4 is 17.9 Å². The molecule has 6 heteroatoms. The van der Waals surface area contributed by atoms with Gasteiger partial charge in [0.15, 0.2) is 5.60 Å². The Labute approximate surface area is 169 Å². The van der Waals surface area contributed by atoms with Crippen molar-refractivity contribution in [3.8, 4) is 0 Å². The molecule has 1 fully saturated rings. The van der Waals surface area contributed by atoms with Crippen molar-refractivity contribution in [1.82, 2.24) is 4.90 Å². The average molecular weight is 390 g/mol. The van der Waals surface area contributed by atoms with Gasteiger partial charge in [0.05, 0.1) is 5.56 Å². The molecule has 6 nitrogen and oxygen atoms in total. The number of nitrogens with zero attached hydrogens (tertiary/aromatic N) is 2. The lowest BCUT2D eigenvalue weighted by Gasteiger charge is -2.39. The van der Waals surface area contributed by atoms with Gasteiger partial charge in [0.1, 0.15) is 5.60 Å². The molecule has 3 aliphatic rings. The van der Waals surface area contributed by atoms with Gasteiger partial charge in [-0.25, -0.2) is 4.79 Å². The number of carbonyl (C=O) groups excluding carboxylic acids is 2. The number of hydrogen-bond donors (Lipinski definition) is 0. The summed E-state index contributed by atoms with van der Waals surface area (Å²) in [5, 5.41) is 0. The van der Waals surface area contributed by atoms with E-state index in [4.69, 9.17) is 9.47 Å². The first kappa shape index (κ1) is 17.9. The number of carbonyl (C=O) groups is 2. The summed E-state index contributed by atoms with van der Waals surface area (Å²) < 4.78 is 11.9. The molecule has 0 bridgehead atoms. The van der Waals surface area contributed by atoms with Crippen LogP contribution in [0.3, 0.4) is 0 Å². The topological polar surface area (TPSA) is 68.2 Å². The van der Waals surface area contributed by atoms with E-state index < -0.39 is 11.2 Å². The number of likely N-dealkylation sites (tertiary alicyclic amines) is 1. The average Bonchev–Trinajstić information content (AvgIpc) is 3.17. The van der Waals surface area contributed by atoms with Crippen LogP contribution < -0.4 is 0 Å². The molecule has 0 radical (unpaired) electrons. The Balaban J connectivity index is 1.29. The molecule has 0 aromatic heterocycles. The van der Waals surface area contributed by atoms with Gasteiger partial charge < -0.3 is 14.4 Å². The van der Waals surface area contributed by atoms with E-state index in [0.29, 0.717) is 43.9 Å². The molecule has 0 N–H and O–H groups in total. The number of benzene rings is 2. The van der Waals surface area contributed by atoms with Crippen molar-refractivity contribution in [2.24, 2.45) is 4.99 Å². The highest BCUT2D eigenvalue weighted by Crippen LogP contribution is 2.44. The Kier molecular flexibility index (Phi) is 3.98. The maximum atomic E-state index is 12.6. The molecule has 3 heterocycles. The molecule has 2 aromatic rings. The predicted molar refractivity (Wildman–Crippen MR) is 106 cm³/mol. The van der Waals surface area contributed by atoms with Crippen molar-refractivity contribution in [2.75, 3.05) is 13.1 Å². The first-order chi connectivity index (χ1) is 14.0. The molecule has 2 aromatic carbocycles. The largest absolute Gasteiger partial charge is 0.450 e. The molecule has 0 aliphatic carbocycles. The minimum atomic E-state index is -0.988. The Morgan fingerprint density at radius 2 is 1.66 bits per heavy atom. The zero-order chi connectivity index (χ0) is 20.1. The maximum Gasteiger partial charge on any atom is 0.339 e. The number of fused-ring (bicyclic) bond motifs is 2. The molecule has 0 saturated carbocycles. The first-order valence-corrected chi connectivity index (χ1v) is 9.93. The third-order valence-electron chi connectivity index (χ3n) is 6.12. The SMILES string of the molecule is CC1(Cc2ccccc2)OC(N2CCC3(CC2)OC(=O)c2ccccc23)=NC1=O. The number of hydrogen-bond acceptors (Lipinski definition) is 5. The number of rotatable bonds is 2. The standard InChI is InChI=1S/C23H22N2O4/c1-22(15-16-7-3-2-4-8-16)20(27)24-21(29-22)25-13-11-23(12-14-25)18-10-6-5-9-17(18)19(26)28-23/h2-10H,11-15H2,1H3. The van der Waals surface area contributed by atoms with E-state index in [1.165, 1.54) is 0 Å². The summed E-state index contributed by atoms with van der Waals surface area (Å²) >= 11 is 0. The summed E-state index contributed by atoms with van der Waals surface area (Å²) in [6.45, 7) is 3.00. The van der Waals surface area contributed by atoms with Crippen LogP contribution in [0.25, 0.3) is 0 Å². The van der Waals surface area contributed by atoms with E-state index in [2.05, 4.69) is 4.99 Å². The van der Waals surface area contributed by atoms with E-state index >= 15 is 0 Å². The Morgan fingerprint density at radius 3 is 2.41 bits per heavy atom. The second-order valence-corrected chi connectivity index (χ2v) is 8.11. The van der Waals surface area contributed by atoms with Crippen LogP contribution in [-0.2, 0) is 26.3 Å². The summed E-state index contributed by atoms with van der Waals surface area (Å²) in [5.41, 5.74) is 1.08. The predicted octanol–water partition coefficient (Wildman–Crippen LogP) is 3.06. The fourth-order valence-electron chi connectivity index (χ4n) is 4.48. The summed E-state index contributed by atoms with van der Waals surface area (Å²) in [4.78, 5) is 31.0. The quantitative estimate of drug-likeness (QED) is 0.738. The Hall–Kier alpha value is -3.15. The van der Waals surface area contributed by atoms with Gasteiger partial charge in [0.2, 0.25) is 0 Å². The van der Waals surface area contributed by atoms with Crippen LogP contribution in [0.5, 0.6) is 0 Å². The van der Waals surface area contributed by atoms with Crippen LogP contribution in [0.4, 0.5) is 0 Å². The van der Waals surface area contributed by atoms with Gasteiger partial charge in [-0.15, -0.1) is 0 Å². The smallest absolute Gasteiger partial charge is 0.339 e. The van der Waals surface area contributed by atoms with Crippen LogP contribution in [0, 0.1) is 0 Å². The Morgan fingerprint density at radius 1 is 0.966 bits per heavy atom. The van der Waals surface area contributed by atoms with Crippen LogP contribution in [0.15, 0.2) is 59.6 Å². The fraction of sp³-hybridized carbons (Fsp3) is 0.348. The number of aliphatic imine (C=N–C) groups is 1. The zero-order valence-corrected chi connectivity index (χ0v) is 16.3. The summed E-state index contributed by atoms with van der Waals surface area (Å²) in [5.74, 6) is -0.511. The third-order valence-corrected chi connectivity index (χ3v) is 6.12. The molecule has 3 aliphatic heterocycles. The van der Waals surface area contributed by atoms with E-state index in [1.807, 2.05) is 59.5 Å². The molecule has 1 atom stereocenters. The van der Waals surface area contributed by atoms with Gasteiger partial charge >= 0.3 is 5.97 Å².